The number of anilines is 1. The minimum atomic E-state index is -2.78. The van der Waals surface area contributed by atoms with Gasteiger partial charge in [-0.1, -0.05) is 0 Å². The first kappa shape index (κ1) is 18.4. The van der Waals surface area contributed by atoms with Gasteiger partial charge >= 0.3 is 0 Å². The Morgan fingerprint density at radius 2 is 1.81 bits per heavy atom. The van der Waals surface area contributed by atoms with Crippen LogP contribution in [0, 0.1) is 5.92 Å². The number of hydrogen-bond acceptors (Lipinski definition) is 6. The SMILES string of the molecule is Cn1cnc2cc(N3CCN(CC4CCS(=O)(=O)CC4)CC3)ccc2c1=O. The molecule has 27 heavy (non-hydrogen) atoms. The smallest absolute Gasteiger partial charge is 0.260 e. The topological polar surface area (TPSA) is 75.5 Å². The molecule has 2 aliphatic rings. The number of piperazine rings is 1. The Kier molecular flexibility index (Phi) is 4.94. The molecule has 146 valence electrons. The predicted octanol–water partition coefficient (Wildman–Crippen LogP) is 0.880. The molecule has 1 aromatic carbocycles. The summed E-state index contributed by atoms with van der Waals surface area (Å²) in [4.78, 5) is 21.3. The van der Waals surface area contributed by atoms with Crippen molar-refractivity contribution in [1.29, 1.82) is 0 Å². The van der Waals surface area contributed by atoms with E-state index in [1.54, 1.807) is 13.4 Å². The van der Waals surface area contributed by atoms with Gasteiger partial charge in [0, 0.05) is 45.5 Å². The first-order valence-corrected chi connectivity index (χ1v) is 11.4. The van der Waals surface area contributed by atoms with Crippen molar-refractivity contribution >= 4 is 26.4 Å². The molecular formula is C19H26N4O3S. The van der Waals surface area contributed by atoms with E-state index in [4.69, 9.17) is 0 Å². The van der Waals surface area contributed by atoms with Crippen LogP contribution in [0.25, 0.3) is 10.9 Å². The summed E-state index contributed by atoms with van der Waals surface area (Å²) in [7, 11) is -1.07. The molecule has 2 aliphatic heterocycles. The van der Waals surface area contributed by atoms with E-state index in [9.17, 15) is 13.2 Å². The van der Waals surface area contributed by atoms with E-state index in [0.717, 1.165) is 56.8 Å². The van der Waals surface area contributed by atoms with E-state index in [1.165, 1.54) is 4.57 Å². The molecule has 0 atom stereocenters. The van der Waals surface area contributed by atoms with Gasteiger partial charge in [0.05, 0.1) is 28.7 Å². The third-order valence-corrected chi connectivity index (χ3v) is 7.55. The number of aryl methyl sites for hydroxylation is 1. The zero-order valence-electron chi connectivity index (χ0n) is 15.7. The van der Waals surface area contributed by atoms with Crippen molar-refractivity contribution < 1.29 is 8.42 Å². The lowest BCUT2D eigenvalue weighted by molar-refractivity contribution is 0.211. The van der Waals surface area contributed by atoms with Gasteiger partial charge in [0.25, 0.3) is 5.56 Å². The number of hydrogen-bond donors (Lipinski definition) is 0. The third kappa shape index (κ3) is 4.01. The van der Waals surface area contributed by atoms with Gasteiger partial charge in [-0.25, -0.2) is 13.4 Å². The van der Waals surface area contributed by atoms with Crippen molar-refractivity contribution in [3.63, 3.8) is 0 Å². The normalized spacial score (nSPS) is 21.6. The number of benzene rings is 1. The van der Waals surface area contributed by atoms with Crippen LogP contribution in [-0.4, -0.2) is 67.1 Å². The Balaban J connectivity index is 1.37. The van der Waals surface area contributed by atoms with Crippen molar-refractivity contribution in [2.75, 3.05) is 49.1 Å². The van der Waals surface area contributed by atoms with Crippen molar-refractivity contribution in [2.24, 2.45) is 13.0 Å². The van der Waals surface area contributed by atoms with Gasteiger partial charge in [-0.2, -0.15) is 0 Å². The molecule has 7 nitrogen and oxygen atoms in total. The fourth-order valence-corrected chi connectivity index (χ4v) is 5.66. The standard InChI is InChI=1S/C19H26N4O3S/c1-21-14-20-18-12-16(2-3-17(18)19(21)24)23-8-6-22(7-9-23)13-15-4-10-27(25,26)11-5-15/h2-3,12,14-15H,4-11,13H2,1H3. The minimum Gasteiger partial charge on any atom is -0.369 e. The molecule has 0 unspecified atom stereocenters. The highest BCUT2D eigenvalue weighted by atomic mass is 32.2. The number of sulfone groups is 1. The quantitative estimate of drug-likeness (QED) is 0.775. The molecule has 2 saturated heterocycles. The number of aromatic nitrogens is 2. The van der Waals surface area contributed by atoms with Crippen molar-refractivity contribution in [3.8, 4) is 0 Å². The lowest BCUT2D eigenvalue weighted by atomic mass is 10.0. The second kappa shape index (κ2) is 7.24. The maximum Gasteiger partial charge on any atom is 0.260 e. The predicted molar refractivity (Wildman–Crippen MR) is 107 cm³/mol. The summed E-state index contributed by atoms with van der Waals surface area (Å²) >= 11 is 0. The van der Waals surface area contributed by atoms with Gasteiger partial charge in [0.2, 0.25) is 0 Å². The Morgan fingerprint density at radius 1 is 1.11 bits per heavy atom. The fraction of sp³-hybridized carbons (Fsp3) is 0.579. The highest BCUT2D eigenvalue weighted by molar-refractivity contribution is 7.91. The van der Waals surface area contributed by atoms with Crippen LogP contribution in [0.4, 0.5) is 5.69 Å². The average Bonchev–Trinajstić information content (AvgIpc) is 2.67. The van der Waals surface area contributed by atoms with Crippen LogP contribution in [0.2, 0.25) is 0 Å². The van der Waals surface area contributed by atoms with Crippen molar-refractivity contribution in [2.45, 2.75) is 12.8 Å². The van der Waals surface area contributed by atoms with Gasteiger partial charge in [-0.15, -0.1) is 0 Å². The molecule has 0 spiro atoms. The fourth-order valence-electron chi connectivity index (χ4n) is 4.07. The first-order valence-electron chi connectivity index (χ1n) is 9.54. The molecule has 3 heterocycles. The molecule has 4 rings (SSSR count). The summed E-state index contributed by atoms with van der Waals surface area (Å²) in [5.41, 5.74) is 1.82. The number of nitrogens with zero attached hydrogens (tertiary/aromatic N) is 4. The lowest BCUT2D eigenvalue weighted by Gasteiger charge is -2.38. The second-order valence-electron chi connectivity index (χ2n) is 7.74. The first-order chi connectivity index (χ1) is 12.9. The summed E-state index contributed by atoms with van der Waals surface area (Å²) in [6.45, 7) is 4.82. The van der Waals surface area contributed by atoms with Gasteiger partial charge in [0.15, 0.2) is 0 Å². The molecule has 0 bridgehead atoms. The van der Waals surface area contributed by atoms with E-state index in [-0.39, 0.29) is 5.56 Å². The minimum absolute atomic E-state index is 0.0223. The molecule has 0 radical (unpaired) electrons. The number of fused-ring (bicyclic) bond motifs is 1. The third-order valence-electron chi connectivity index (χ3n) is 5.83. The Hall–Kier alpha value is -1.93. The summed E-state index contributed by atoms with van der Waals surface area (Å²) in [5, 5.41) is 0.648. The molecule has 2 aromatic rings. The molecule has 0 aliphatic carbocycles. The maximum absolute atomic E-state index is 12.2. The summed E-state index contributed by atoms with van der Waals surface area (Å²) in [5.74, 6) is 1.20. The van der Waals surface area contributed by atoms with Gasteiger partial charge in [0.1, 0.15) is 9.84 Å². The Morgan fingerprint density at radius 3 is 2.52 bits per heavy atom. The molecule has 8 heteroatoms. The maximum atomic E-state index is 12.2. The molecule has 0 N–H and O–H groups in total. The largest absolute Gasteiger partial charge is 0.369 e. The molecule has 1 aromatic heterocycles. The highest BCUT2D eigenvalue weighted by Gasteiger charge is 2.26. The summed E-state index contributed by atoms with van der Waals surface area (Å²) < 4.78 is 24.6. The van der Waals surface area contributed by atoms with E-state index in [0.29, 0.717) is 22.8 Å². The van der Waals surface area contributed by atoms with E-state index < -0.39 is 9.84 Å². The van der Waals surface area contributed by atoms with Crippen LogP contribution in [0.15, 0.2) is 29.3 Å². The van der Waals surface area contributed by atoms with E-state index >= 15 is 0 Å². The van der Waals surface area contributed by atoms with Crippen LogP contribution in [0.3, 0.4) is 0 Å². The van der Waals surface area contributed by atoms with Gasteiger partial charge < -0.3 is 9.47 Å². The zero-order valence-corrected chi connectivity index (χ0v) is 16.5. The molecular weight excluding hydrogens is 364 g/mol. The monoisotopic (exact) mass is 390 g/mol. The Labute approximate surface area is 159 Å². The highest BCUT2D eigenvalue weighted by Crippen LogP contribution is 2.23. The van der Waals surface area contributed by atoms with E-state index in [2.05, 4.69) is 14.8 Å². The van der Waals surface area contributed by atoms with E-state index in [1.807, 2.05) is 18.2 Å². The van der Waals surface area contributed by atoms with Crippen molar-refractivity contribution in [1.82, 2.24) is 14.5 Å². The Bertz CT molecular complexity index is 980. The lowest BCUT2D eigenvalue weighted by Crippen LogP contribution is -2.48. The van der Waals surface area contributed by atoms with Crippen LogP contribution in [-0.2, 0) is 16.9 Å². The molecule has 2 fully saturated rings. The van der Waals surface area contributed by atoms with Gasteiger partial charge in [-0.3, -0.25) is 9.69 Å². The van der Waals surface area contributed by atoms with Crippen molar-refractivity contribution in [3.05, 3.63) is 34.9 Å². The van der Waals surface area contributed by atoms with Crippen LogP contribution >= 0.6 is 0 Å². The second-order valence-corrected chi connectivity index (χ2v) is 10.0. The average molecular weight is 391 g/mol. The van der Waals surface area contributed by atoms with Crippen LogP contribution in [0.5, 0.6) is 0 Å². The number of rotatable bonds is 3. The van der Waals surface area contributed by atoms with Gasteiger partial charge in [-0.05, 0) is 37.0 Å². The summed E-state index contributed by atoms with van der Waals surface area (Å²) in [6.07, 6.45) is 3.17. The molecule has 0 amide bonds. The van der Waals surface area contributed by atoms with Crippen LogP contribution < -0.4 is 10.5 Å². The van der Waals surface area contributed by atoms with Crippen LogP contribution in [0.1, 0.15) is 12.8 Å². The zero-order chi connectivity index (χ0) is 19.0. The summed E-state index contributed by atoms with van der Waals surface area (Å²) in [6, 6.07) is 5.88. The molecule has 0 saturated carbocycles.